The van der Waals surface area contributed by atoms with E-state index < -0.39 is 0 Å². The summed E-state index contributed by atoms with van der Waals surface area (Å²) in [6.07, 6.45) is 7.27. The molecular weight excluding hydrogens is 162 g/mol. The van der Waals surface area contributed by atoms with Crippen molar-refractivity contribution in [1.82, 2.24) is 10.2 Å². The van der Waals surface area contributed by atoms with Crippen LogP contribution in [0.3, 0.4) is 0 Å². The number of nitrogens with one attached hydrogen (secondary N) is 1. The minimum absolute atomic E-state index is 0.0816. The number of H-pyrrole nitrogens is 1. The molecule has 3 heteroatoms. The van der Waals surface area contributed by atoms with Crippen LogP contribution in [0.15, 0.2) is 6.20 Å². The molecule has 3 nitrogen and oxygen atoms in total. The Kier molecular flexibility index (Phi) is 2.36. The van der Waals surface area contributed by atoms with Gasteiger partial charge in [0.1, 0.15) is 0 Å². The van der Waals surface area contributed by atoms with Gasteiger partial charge in [-0.2, -0.15) is 5.10 Å². The zero-order valence-corrected chi connectivity index (χ0v) is 8.09. The number of rotatable bonds is 2. The fourth-order valence-electron chi connectivity index (χ4n) is 2.23. The molecule has 0 saturated heterocycles. The van der Waals surface area contributed by atoms with Crippen LogP contribution in [0.4, 0.5) is 0 Å². The van der Waals surface area contributed by atoms with Crippen molar-refractivity contribution in [2.75, 3.05) is 0 Å². The molecule has 72 valence electrons. The number of hydrogen-bond acceptors (Lipinski definition) is 2. The van der Waals surface area contributed by atoms with Crippen molar-refractivity contribution in [3.8, 4) is 0 Å². The molecule has 2 rings (SSSR count). The minimum Gasteiger partial charge on any atom is -0.323 e. The quantitative estimate of drug-likeness (QED) is 0.730. The van der Waals surface area contributed by atoms with Crippen LogP contribution in [0, 0.1) is 0 Å². The van der Waals surface area contributed by atoms with Gasteiger partial charge in [0.2, 0.25) is 0 Å². The first-order chi connectivity index (χ1) is 6.29. The molecule has 1 atom stereocenters. The van der Waals surface area contributed by atoms with Gasteiger partial charge in [-0.15, -0.1) is 0 Å². The van der Waals surface area contributed by atoms with Gasteiger partial charge in [-0.25, -0.2) is 0 Å². The Hall–Kier alpha value is -0.830. The van der Waals surface area contributed by atoms with Gasteiger partial charge in [0.25, 0.3) is 0 Å². The lowest BCUT2D eigenvalue weighted by atomic mass is 9.96. The van der Waals surface area contributed by atoms with E-state index in [1.54, 1.807) is 0 Å². The highest BCUT2D eigenvalue weighted by Crippen LogP contribution is 2.36. The highest BCUT2D eigenvalue weighted by atomic mass is 15.1. The number of nitrogens with two attached hydrogens (primary N) is 1. The van der Waals surface area contributed by atoms with Crippen molar-refractivity contribution < 1.29 is 0 Å². The summed E-state index contributed by atoms with van der Waals surface area (Å²) in [5.41, 5.74) is 8.34. The first kappa shape index (κ1) is 8.75. The number of aromatic amines is 1. The van der Waals surface area contributed by atoms with Gasteiger partial charge in [0.05, 0.1) is 11.9 Å². The molecule has 1 aromatic rings. The van der Waals surface area contributed by atoms with Crippen LogP contribution in [0.2, 0.25) is 0 Å². The molecule has 1 saturated carbocycles. The summed E-state index contributed by atoms with van der Waals surface area (Å²) in [4.78, 5) is 0. The van der Waals surface area contributed by atoms with E-state index in [4.69, 9.17) is 5.73 Å². The lowest BCUT2D eigenvalue weighted by Gasteiger charge is -2.11. The second-order valence-corrected chi connectivity index (χ2v) is 4.01. The average Bonchev–Trinajstić information content (AvgIpc) is 2.74. The molecule has 1 heterocycles. The van der Waals surface area contributed by atoms with Crippen molar-refractivity contribution in [2.24, 2.45) is 5.73 Å². The van der Waals surface area contributed by atoms with Crippen molar-refractivity contribution in [2.45, 2.75) is 44.6 Å². The van der Waals surface area contributed by atoms with Gasteiger partial charge < -0.3 is 5.73 Å². The molecule has 1 aliphatic carbocycles. The van der Waals surface area contributed by atoms with Crippen LogP contribution in [0.1, 0.15) is 55.8 Å². The zero-order chi connectivity index (χ0) is 9.26. The van der Waals surface area contributed by atoms with Crippen LogP contribution in [0.25, 0.3) is 0 Å². The van der Waals surface area contributed by atoms with Crippen LogP contribution in [-0.4, -0.2) is 10.2 Å². The Morgan fingerprint density at radius 1 is 1.54 bits per heavy atom. The lowest BCUT2D eigenvalue weighted by Crippen LogP contribution is -2.09. The maximum absolute atomic E-state index is 5.86. The molecule has 0 radical (unpaired) electrons. The topological polar surface area (TPSA) is 54.7 Å². The Bertz CT molecular complexity index is 271. The van der Waals surface area contributed by atoms with E-state index in [9.17, 15) is 0 Å². The third-order valence-corrected chi connectivity index (χ3v) is 2.95. The molecule has 0 spiro atoms. The number of nitrogens with zero attached hydrogens (tertiary/aromatic N) is 1. The molecule has 0 aromatic carbocycles. The van der Waals surface area contributed by atoms with Crippen LogP contribution >= 0.6 is 0 Å². The molecule has 1 aliphatic rings. The fourth-order valence-corrected chi connectivity index (χ4v) is 2.23. The standard InChI is InChI=1S/C10H17N3/c1-7(11)10-9(6-12-13-10)8-4-2-3-5-8/h6-8H,2-5,11H2,1H3,(H,12,13). The zero-order valence-electron chi connectivity index (χ0n) is 8.09. The van der Waals surface area contributed by atoms with E-state index in [0.717, 1.165) is 5.69 Å². The predicted molar refractivity (Wildman–Crippen MR) is 52.4 cm³/mol. The number of aromatic nitrogens is 2. The van der Waals surface area contributed by atoms with Crippen molar-refractivity contribution in [3.05, 3.63) is 17.5 Å². The molecule has 13 heavy (non-hydrogen) atoms. The van der Waals surface area contributed by atoms with E-state index in [-0.39, 0.29) is 6.04 Å². The molecule has 1 aromatic heterocycles. The highest BCUT2D eigenvalue weighted by molar-refractivity contribution is 5.24. The normalized spacial score (nSPS) is 20.8. The summed E-state index contributed by atoms with van der Waals surface area (Å²) in [5, 5.41) is 7.09. The highest BCUT2D eigenvalue weighted by Gasteiger charge is 2.22. The summed E-state index contributed by atoms with van der Waals surface area (Å²) in [6, 6.07) is 0.0816. The van der Waals surface area contributed by atoms with E-state index in [1.807, 2.05) is 13.1 Å². The Morgan fingerprint density at radius 2 is 2.23 bits per heavy atom. The molecule has 3 N–H and O–H groups in total. The summed E-state index contributed by atoms with van der Waals surface area (Å²) in [7, 11) is 0. The van der Waals surface area contributed by atoms with E-state index in [1.165, 1.54) is 31.2 Å². The van der Waals surface area contributed by atoms with E-state index in [2.05, 4.69) is 10.2 Å². The third kappa shape index (κ3) is 1.61. The first-order valence-corrected chi connectivity index (χ1v) is 5.08. The van der Waals surface area contributed by atoms with Gasteiger partial charge in [0, 0.05) is 6.04 Å². The fraction of sp³-hybridized carbons (Fsp3) is 0.700. The second-order valence-electron chi connectivity index (χ2n) is 4.01. The molecule has 0 amide bonds. The summed E-state index contributed by atoms with van der Waals surface area (Å²) in [6.45, 7) is 2.01. The van der Waals surface area contributed by atoms with Gasteiger partial charge >= 0.3 is 0 Å². The largest absolute Gasteiger partial charge is 0.323 e. The van der Waals surface area contributed by atoms with Crippen LogP contribution in [-0.2, 0) is 0 Å². The smallest absolute Gasteiger partial charge is 0.0551 e. The average molecular weight is 179 g/mol. The van der Waals surface area contributed by atoms with E-state index >= 15 is 0 Å². The van der Waals surface area contributed by atoms with E-state index in [0.29, 0.717) is 5.92 Å². The van der Waals surface area contributed by atoms with Crippen LogP contribution < -0.4 is 5.73 Å². The molecular formula is C10H17N3. The predicted octanol–water partition coefficient (Wildman–Crippen LogP) is 2.09. The van der Waals surface area contributed by atoms with Crippen LogP contribution in [0.5, 0.6) is 0 Å². The van der Waals surface area contributed by atoms with Crippen molar-refractivity contribution >= 4 is 0 Å². The molecule has 1 fully saturated rings. The maximum Gasteiger partial charge on any atom is 0.0551 e. The van der Waals surface area contributed by atoms with Gasteiger partial charge in [-0.3, -0.25) is 5.10 Å². The Morgan fingerprint density at radius 3 is 2.85 bits per heavy atom. The van der Waals surface area contributed by atoms with Gasteiger partial charge in [-0.05, 0) is 31.2 Å². The molecule has 0 bridgehead atoms. The van der Waals surface area contributed by atoms with Gasteiger partial charge in [-0.1, -0.05) is 12.8 Å². The second kappa shape index (κ2) is 3.50. The Labute approximate surface area is 78.7 Å². The summed E-state index contributed by atoms with van der Waals surface area (Å²) < 4.78 is 0. The first-order valence-electron chi connectivity index (χ1n) is 5.08. The SMILES string of the molecule is CC(N)c1[nH]ncc1C1CCCC1. The third-order valence-electron chi connectivity index (χ3n) is 2.95. The van der Waals surface area contributed by atoms with Crippen molar-refractivity contribution in [3.63, 3.8) is 0 Å². The Balaban J connectivity index is 2.23. The van der Waals surface area contributed by atoms with Gasteiger partial charge in [0.15, 0.2) is 0 Å². The lowest BCUT2D eigenvalue weighted by molar-refractivity contribution is 0.685. The monoisotopic (exact) mass is 179 g/mol. The number of hydrogen-bond donors (Lipinski definition) is 2. The summed E-state index contributed by atoms with van der Waals surface area (Å²) >= 11 is 0. The molecule has 1 unspecified atom stereocenters. The maximum atomic E-state index is 5.86. The van der Waals surface area contributed by atoms with Crippen molar-refractivity contribution in [1.29, 1.82) is 0 Å². The summed E-state index contributed by atoms with van der Waals surface area (Å²) in [5.74, 6) is 0.708. The molecule has 0 aliphatic heterocycles. The minimum atomic E-state index is 0.0816.